The fourth-order valence-corrected chi connectivity index (χ4v) is 3.65. The van der Waals surface area contributed by atoms with E-state index in [1.807, 2.05) is 6.07 Å². The summed E-state index contributed by atoms with van der Waals surface area (Å²) in [6, 6.07) is 5.78. The maximum atomic E-state index is 13.7. The van der Waals surface area contributed by atoms with Gasteiger partial charge in [-0.25, -0.2) is 13.6 Å². The third-order valence-corrected chi connectivity index (χ3v) is 5.17. The quantitative estimate of drug-likeness (QED) is 0.839. The summed E-state index contributed by atoms with van der Waals surface area (Å²) in [5, 5.41) is 20.6. The van der Waals surface area contributed by atoms with E-state index >= 15 is 0 Å². The first-order chi connectivity index (χ1) is 12.3. The van der Waals surface area contributed by atoms with Crippen molar-refractivity contribution >= 4 is 12.0 Å². The van der Waals surface area contributed by atoms with Crippen LogP contribution in [0.4, 0.5) is 13.6 Å². The third-order valence-electron chi connectivity index (χ3n) is 5.17. The standard InChI is InChI=1S/C18H19F2N3O3/c19-12-3-1-11(2-4-12)8-18(5-6-18)15(22-17(25)26)16(24)23-10-13(20)7-14(23)9-21/h1-4,13-15,22H,5-8,10H2,(H,25,26)/t13-,14-,15+/m0/s1. The van der Waals surface area contributed by atoms with Gasteiger partial charge >= 0.3 is 6.09 Å². The Bertz CT molecular complexity index is 743. The summed E-state index contributed by atoms with van der Waals surface area (Å²) in [5.74, 6) is -0.948. The highest BCUT2D eigenvalue weighted by molar-refractivity contribution is 5.87. The molecule has 1 aromatic rings. The largest absolute Gasteiger partial charge is 0.465 e. The molecule has 0 unspecified atom stereocenters. The number of halogens is 2. The predicted molar refractivity (Wildman–Crippen MR) is 87.3 cm³/mol. The van der Waals surface area contributed by atoms with Crippen LogP contribution in [0.15, 0.2) is 24.3 Å². The van der Waals surface area contributed by atoms with Crippen molar-refractivity contribution in [2.45, 2.75) is 43.9 Å². The number of rotatable bonds is 5. The van der Waals surface area contributed by atoms with Crippen molar-refractivity contribution in [2.75, 3.05) is 6.54 Å². The summed E-state index contributed by atoms with van der Waals surface area (Å²) in [7, 11) is 0. The predicted octanol–water partition coefficient (Wildman–Crippen LogP) is 2.25. The summed E-state index contributed by atoms with van der Waals surface area (Å²) < 4.78 is 26.8. The van der Waals surface area contributed by atoms with E-state index in [2.05, 4.69) is 5.32 Å². The minimum absolute atomic E-state index is 0.0625. The minimum atomic E-state index is -1.35. The van der Waals surface area contributed by atoms with Crippen molar-refractivity contribution in [3.8, 4) is 6.07 Å². The third kappa shape index (κ3) is 3.62. The molecule has 0 bridgehead atoms. The Labute approximate surface area is 149 Å². The highest BCUT2D eigenvalue weighted by Gasteiger charge is 2.55. The molecule has 1 aliphatic carbocycles. The molecule has 26 heavy (non-hydrogen) atoms. The van der Waals surface area contributed by atoms with Crippen LogP contribution in [0.3, 0.4) is 0 Å². The number of carboxylic acid groups (broad SMARTS) is 1. The average molecular weight is 363 g/mol. The van der Waals surface area contributed by atoms with Crippen molar-refractivity contribution < 1.29 is 23.5 Å². The van der Waals surface area contributed by atoms with Gasteiger partial charge in [0, 0.05) is 11.8 Å². The molecule has 0 radical (unpaired) electrons. The molecule has 138 valence electrons. The molecule has 3 atom stereocenters. The molecule has 1 aliphatic heterocycles. The zero-order valence-corrected chi connectivity index (χ0v) is 14.0. The first-order valence-electron chi connectivity index (χ1n) is 8.43. The fraction of sp³-hybridized carbons (Fsp3) is 0.500. The lowest BCUT2D eigenvalue weighted by molar-refractivity contribution is -0.135. The lowest BCUT2D eigenvalue weighted by Crippen LogP contribution is -2.54. The molecule has 2 fully saturated rings. The van der Waals surface area contributed by atoms with Crippen LogP contribution in [0.5, 0.6) is 0 Å². The molecule has 1 saturated heterocycles. The molecule has 1 saturated carbocycles. The van der Waals surface area contributed by atoms with Gasteiger partial charge in [-0.2, -0.15) is 5.26 Å². The van der Waals surface area contributed by atoms with Crippen LogP contribution >= 0.6 is 0 Å². The van der Waals surface area contributed by atoms with Crippen molar-refractivity contribution in [3.05, 3.63) is 35.6 Å². The number of nitrogens with zero attached hydrogens (tertiary/aromatic N) is 2. The Morgan fingerprint density at radius 3 is 2.58 bits per heavy atom. The minimum Gasteiger partial charge on any atom is -0.465 e. The van der Waals surface area contributed by atoms with Gasteiger partial charge in [-0.1, -0.05) is 12.1 Å². The fourth-order valence-electron chi connectivity index (χ4n) is 3.65. The Kier molecular flexibility index (Phi) is 4.81. The van der Waals surface area contributed by atoms with Crippen LogP contribution in [-0.2, 0) is 11.2 Å². The smallest absolute Gasteiger partial charge is 0.405 e. The maximum absolute atomic E-state index is 13.7. The van der Waals surface area contributed by atoms with Gasteiger partial charge < -0.3 is 15.3 Å². The SMILES string of the molecule is N#C[C@@H]1C[C@H](F)CN1C(=O)[C@@H](NC(=O)O)C1(Cc2ccc(F)cc2)CC1. The number of hydrogen-bond acceptors (Lipinski definition) is 3. The van der Waals surface area contributed by atoms with E-state index in [1.54, 1.807) is 12.1 Å². The first-order valence-corrected chi connectivity index (χ1v) is 8.43. The molecule has 0 aromatic heterocycles. The van der Waals surface area contributed by atoms with Crippen LogP contribution in [0, 0.1) is 22.6 Å². The first kappa shape index (κ1) is 18.1. The van der Waals surface area contributed by atoms with E-state index < -0.39 is 35.7 Å². The van der Waals surface area contributed by atoms with Gasteiger partial charge in [0.1, 0.15) is 24.1 Å². The molecule has 3 rings (SSSR count). The van der Waals surface area contributed by atoms with Gasteiger partial charge in [0.05, 0.1) is 12.6 Å². The Morgan fingerprint density at radius 2 is 2.04 bits per heavy atom. The van der Waals surface area contributed by atoms with Crippen LogP contribution in [0.1, 0.15) is 24.8 Å². The van der Waals surface area contributed by atoms with Crippen molar-refractivity contribution in [1.82, 2.24) is 10.2 Å². The van der Waals surface area contributed by atoms with Crippen molar-refractivity contribution in [2.24, 2.45) is 5.41 Å². The number of alkyl halides is 1. The van der Waals surface area contributed by atoms with Crippen LogP contribution in [0.25, 0.3) is 0 Å². The van der Waals surface area contributed by atoms with Crippen molar-refractivity contribution in [1.29, 1.82) is 5.26 Å². The summed E-state index contributed by atoms with van der Waals surface area (Å²) >= 11 is 0. The number of nitriles is 1. The number of amides is 2. The number of nitrogens with one attached hydrogen (secondary N) is 1. The Morgan fingerprint density at radius 1 is 1.38 bits per heavy atom. The highest BCUT2D eigenvalue weighted by Crippen LogP contribution is 2.52. The molecule has 2 aliphatic rings. The number of benzene rings is 1. The highest BCUT2D eigenvalue weighted by atomic mass is 19.1. The van der Waals surface area contributed by atoms with Gasteiger partial charge in [-0.05, 0) is 37.0 Å². The van der Waals surface area contributed by atoms with Gasteiger partial charge in [0.25, 0.3) is 0 Å². The summed E-state index contributed by atoms with van der Waals surface area (Å²) in [6.07, 6.45) is -1.07. The topological polar surface area (TPSA) is 93.4 Å². The Balaban J connectivity index is 1.83. The molecule has 1 aromatic carbocycles. The molecule has 1 heterocycles. The second-order valence-corrected chi connectivity index (χ2v) is 7.02. The van der Waals surface area contributed by atoms with Crippen molar-refractivity contribution in [3.63, 3.8) is 0 Å². The van der Waals surface area contributed by atoms with Crippen LogP contribution in [0.2, 0.25) is 0 Å². The molecule has 0 spiro atoms. The number of likely N-dealkylation sites (tertiary alicyclic amines) is 1. The lowest BCUT2D eigenvalue weighted by Gasteiger charge is -2.31. The molecule has 2 amide bonds. The van der Waals surface area contributed by atoms with Gasteiger partial charge in [-0.15, -0.1) is 0 Å². The van der Waals surface area contributed by atoms with E-state index in [0.717, 1.165) is 10.5 Å². The number of carbonyl (C=O) groups is 2. The molecular weight excluding hydrogens is 344 g/mol. The molecule has 6 nitrogen and oxygen atoms in total. The van der Waals surface area contributed by atoms with Gasteiger partial charge in [-0.3, -0.25) is 4.79 Å². The molecule has 8 heteroatoms. The zero-order valence-electron chi connectivity index (χ0n) is 14.0. The van der Waals surface area contributed by atoms with E-state index in [0.29, 0.717) is 19.3 Å². The number of carbonyl (C=O) groups excluding carboxylic acids is 1. The average Bonchev–Trinajstić information content (AvgIpc) is 3.27. The van der Waals surface area contributed by atoms with Crippen LogP contribution in [-0.4, -0.2) is 46.8 Å². The summed E-state index contributed by atoms with van der Waals surface area (Å²) in [6.45, 7) is -0.207. The molecule has 2 N–H and O–H groups in total. The van der Waals surface area contributed by atoms with E-state index in [1.165, 1.54) is 12.1 Å². The second kappa shape index (κ2) is 6.90. The van der Waals surface area contributed by atoms with E-state index in [9.17, 15) is 23.5 Å². The van der Waals surface area contributed by atoms with E-state index in [4.69, 9.17) is 5.26 Å². The molecular formula is C18H19F2N3O3. The van der Waals surface area contributed by atoms with Crippen LogP contribution < -0.4 is 5.32 Å². The van der Waals surface area contributed by atoms with Gasteiger partial charge in [0.2, 0.25) is 5.91 Å². The van der Waals surface area contributed by atoms with Gasteiger partial charge in [0.15, 0.2) is 0 Å². The summed E-state index contributed by atoms with van der Waals surface area (Å²) in [4.78, 5) is 25.3. The lowest BCUT2D eigenvalue weighted by atomic mass is 9.87. The number of hydrogen-bond donors (Lipinski definition) is 2. The second-order valence-electron chi connectivity index (χ2n) is 7.02. The van der Waals surface area contributed by atoms with E-state index in [-0.39, 0.29) is 18.8 Å². The maximum Gasteiger partial charge on any atom is 0.405 e. The zero-order chi connectivity index (χ0) is 18.9. The normalized spacial score (nSPS) is 24.6. The monoisotopic (exact) mass is 363 g/mol. The summed E-state index contributed by atoms with van der Waals surface area (Å²) in [5.41, 5.74) is 0.150. The Hall–Kier alpha value is -2.69.